The van der Waals surface area contributed by atoms with Gasteiger partial charge >= 0.3 is 0 Å². The molecule has 0 bridgehead atoms. The number of rotatable bonds is 2. The highest BCUT2D eigenvalue weighted by Crippen LogP contribution is 2.30. The number of hydrogen-bond donors (Lipinski definition) is 5. The highest BCUT2D eigenvalue weighted by atomic mass is 16.7. The summed E-state index contributed by atoms with van der Waals surface area (Å²) in [6.45, 7) is 0.641. The Morgan fingerprint density at radius 1 is 1.36 bits per heavy atom. The van der Waals surface area contributed by atoms with Crippen molar-refractivity contribution in [2.24, 2.45) is 0 Å². The molecule has 84 valence electrons. The predicted octanol–water partition coefficient (Wildman–Crippen LogP) is -2.44. The smallest absolute Gasteiger partial charge is 0.194 e. The first kappa shape index (κ1) is 10.3. The molecule has 0 aromatic carbocycles. The van der Waals surface area contributed by atoms with Crippen LogP contribution in [0.15, 0.2) is 0 Å². The molecule has 2 unspecified atom stereocenters. The molecule has 14 heavy (non-hydrogen) atoms. The van der Waals surface area contributed by atoms with E-state index >= 15 is 0 Å². The third-order valence-corrected chi connectivity index (χ3v) is 2.41. The number of aliphatic hydroxyl groups excluding tert-OH is 4. The Morgan fingerprint density at radius 2 is 1.93 bits per heavy atom. The minimum atomic E-state index is -2.29. The van der Waals surface area contributed by atoms with E-state index in [1.165, 1.54) is 6.92 Å². The van der Waals surface area contributed by atoms with Crippen molar-refractivity contribution in [3.8, 4) is 0 Å². The zero-order valence-electron chi connectivity index (χ0n) is 8.74. The molecule has 0 radical (unpaired) electrons. The molecule has 6 heteroatoms. The maximum Gasteiger partial charge on any atom is 0.194 e. The molecule has 6 nitrogen and oxygen atoms in total. The summed E-state index contributed by atoms with van der Waals surface area (Å²) in [6, 6.07) is 0. The van der Waals surface area contributed by atoms with E-state index in [0.717, 1.165) is 0 Å². The van der Waals surface area contributed by atoms with E-state index in [1.54, 1.807) is 0 Å². The van der Waals surface area contributed by atoms with E-state index in [2.05, 4.69) is 0 Å². The molecule has 6 atom stereocenters. The van der Waals surface area contributed by atoms with Crippen molar-refractivity contribution in [3.63, 3.8) is 0 Å². The molecule has 0 aromatic heterocycles. The second kappa shape index (κ2) is 4.09. The molecule has 0 spiro atoms. The van der Waals surface area contributed by atoms with E-state index in [4.69, 9.17) is 11.2 Å². The zero-order valence-corrected chi connectivity index (χ0v) is 7.74. The van der Waals surface area contributed by atoms with Crippen LogP contribution in [0.25, 0.3) is 0 Å². The van der Waals surface area contributed by atoms with Gasteiger partial charge in [-0.05, 0) is 0 Å². The molecule has 0 saturated carbocycles. The van der Waals surface area contributed by atoms with E-state index in [1.807, 2.05) is 0 Å². The molecule has 5 N–H and O–H groups in total. The van der Waals surface area contributed by atoms with E-state index in [0.29, 0.717) is 0 Å². The van der Waals surface area contributed by atoms with Crippen LogP contribution in [0.4, 0.5) is 0 Å². The van der Waals surface area contributed by atoms with Gasteiger partial charge in [-0.15, -0.1) is 0 Å². The maximum absolute atomic E-state index is 9.76. The fourth-order valence-electron chi connectivity index (χ4n) is 1.42. The van der Waals surface area contributed by atoms with Gasteiger partial charge in [-0.1, -0.05) is 6.92 Å². The van der Waals surface area contributed by atoms with Crippen LogP contribution in [-0.2, 0) is 4.74 Å². The van der Waals surface area contributed by atoms with Crippen molar-refractivity contribution in [1.82, 2.24) is 0 Å². The summed E-state index contributed by atoms with van der Waals surface area (Å²) in [7, 11) is 0. The van der Waals surface area contributed by atoms with Crippen LogP contribution < -0.4 is 0 Å². The van der Waals surface area contributed by atoms with Crippen molar-refractivity contribution in [3.05, 3.63) is 0 Å². The monoisotopic (exact) mass is 209 g/mol. The fraction of sp³-hybridized carbons (Fsp3) is 1.00. The van der Waals surface area contributed by atoms with Gasteiger partial charge < -0.3 is 30.3 Å². The first-order valence-corrected chi connectivity index (χ1v) is 4.32. The zero-order chi connectivity index (χ0) is 11.8. The molecule has 1 saturated heterocycles. The topological polar surface area (TPSA) is 110 Å². The Labute approximate surface area is 82.8 Å². The third-order valence-electron chi connectivity index (χ3n) is 2.41. The van der Waals surface area contributed by atoms with Gasteiger partial charge in [0.2, 0.25) is 0 Å². The molecule has 0 aliphatic carbocycles. The number of aliphatic hydroxyl groups is 5. The summed E-state index contributed by atoms with van der Waals surface area (Å²) < 4.78 is 12.1. The third kappa shape index (κ3) is 1.77. The molecule has 1 rings (SSSR count). The summed E-state index contributed by atoms with van der Waals surface area (Å²) in [5.41, 5.74) is 0. The Balaban J connectivity index is 2.92. The van der Waals surface area contributed by atoms with Crippen LogP contribution in [-0.4, -0.2) is 62.3 Å². The van der Waals surface area contributed by atoms with Crippen molar-refractivity contribution in [1.29, 1.82) is 0 Å². The Hall–Kier alpha value is -0.240. The van der Waals surface area contributed by atoms with E-state index in [9.17, 15) is 20.4 Å². The average Bonchev–Trinajstić information content (AvgIpc) is 2.20. The predicted molar refractivity (Wildman–Crippen MR) is 45.2 cm³/mol. The molecule has 0 amide bonds. The summed E-state index contributed by atoms with van der Waals surface area (Å²) in [5.74, 6) is -2.29. The molecule has 1 aliphatic heterocycles. The number of hydrogen-bond acceptors (Lipinski definition) is 6. The second-order valence-electron chi connectivity index (χ2n) is 3.31. The molecule has 0 aromatic rings. The fourth-order valence-corrected chi connectivity index (χ4v) is 1.42. The molecule has 1 aliphatic rings. The minimum Gasteiger partial charge on any atom is -0.394 e. The van der Waals surface area contributed by atoms with Crippen LogP contribution in [0.1, 0.15) is 14.7 Å². The van der Waals surface area contributed by atoms with Gasteiger partial charge in [0.1, 0.15) is 24.4 Å². The summed E-state index contributed by atoms with van der Waals surface area (Å²) in [4.78, 5) is 0. The van der Waals surface area contributed by atoms with Crippen molar-refractivity contribution < 1.29 is 31.6 Å². The van der Waals surface area contributed by atoms with Crippen molar-refractivity contribution >= 4 is 0 Å². The normalized spacial score (nSPS) is 52.6. The van der Waals surface area contributed by atoms with E-state index in [-0.39, 0.29) is 0 Å². The lowest BCUT2D eigenvalue weighted by Crippen LogP contribution is -2.64. The highest BCUT2D eigenvalue weighted by Gasteiger charge is 2.51. The maximum atomic E-state index is 9.76. The standard InChI is InChI=1S/C8H16O6/c1-2-8(13)7(12)6(11)5(10)4(3-9)14-8/h4-7,9-13H,2-3H2,1H3/t4-,5-,6+,7+,8?/m1/s1/i2D/t2?,4-,5-,6+,7+,8?. The molecule has 1 heterocycles. The second-order valence-corrected chi connectivity index (χ2v) is 3.31. The average molecular weight is 209 g/mol. The lowest BCUT2D eigenvalue weighted by atomic mass is 9.91. The highest BCUT2D eigenvalue weighted by molar-refractivity contribution is 4.95. The first-order chi connectivity index (χ1) is 6.84. The van der Waals surface area contributed by atoms with Gasteiger partial charge in [0.25, 0.3) is 0 Å². The van der Waals surface area contributed by atoms with Crippen LogP contribution in [0, 0.1) is 0 Å². The first-order valence-electron chi connectivity index (χ1n) is 4.89. The van der Waals surface area contributed by atoms with Gasteiger partial charge in [0, 0.05) is 7.77 Å². The quantitative estimate of drug-likeness (QED) is 0.345. The summed E-state index contributed by atoms with van der Waals surface area (Å²) in [5, 5.41) is 46.8. The molecular formula is C8H16O6. The van der Waals surface area contributed by atoms with Crippen molar-refractivity contribution in [2.45, 2.75) is 43.5 Å². The van der Waals surface area contributed by atoms with Crippen LogP contribution >= 0.6 is 0 Å². The lowest BCUT2D eigenvalue weighted by Gasteiger charge is -2.45. The molecule has 1 fully saturated rings. The van der Waals surface area contributed by atoms with Gasteiger partial charge in [0.15, 0.2) is 5.79 Å². The van der Waals surface area contributed by atoms with Gasteiger partial charge in [-0.25, -0.2) is 0 Å². The van der Waals surface area contributed by atoms with Crippen LogP contribution in [0.2, 0.25) is 0 Å². The minimum absolute atomic E-state index is 0.625. The van der Waals surface area contributed by atoms with Crippen LogP contribution in [0.5, 0.6) is 0 Å². The Kier molecular flexibility index (Phi) is 3.01. The SMILES string of the molecule is [2H]C(C)C1(O)O[C@H](CO)[C@@H](O)[C@H](O)[C@@H]1O. The van der Waals surface area contributed by atoms with Gasteiger partial charge in [-0.2, -0.15) is 0 Å². The number of ether oxygens (including phenoxy) is 1. The largest absolute Gasteiger partial charge is 0.394 e. The van der Waals surface area contributed by atoms with Crippen molar-refractivity contribution in [2.75, 3.05) is 6.61 Å². The van der Waals surface area contributed by atoms with Crippen LogP contribution in [0.3, 0.4) is 0 Å². The summed E-state index contributed by atoms with van der Waals surface area (Å²) >= 11 is 0. The lowest BCUT2D eigenvalue weighted by molar-refractivity contribution is -0.349. The molecular weight excluding hydrogens is 192 g/mol. The summed E-state index contributed by atoms with van der Waals surface area (Å²) in [6.07, 6.45) is -7.40. The van der Waals surface area contributed by atoms with E-state index < -0.39 is 43.2 Å². The Bertz CT molecular complexity index is 223. The van der Waals surface area contributed by atoms with Gasteiger partial charge in [-0.3, -0.25) is 0 Å². The Morgan fingerprint density at radius 3 is 2.36 bits per heavy atom. The van der Waals surface area contributed by atoms with Gasteiger partial charge in [0.05, 0.1) is 6.61 Å².